The van der Waals surface area contributed by atoms with Gasteiger partial charge in [0, 0.05) is 16.5 Å². The van der Waals surface area contributed by atoms with Gasteiger partial charge in [-0.05, 0) is 28.9 Å². The van der Waals surface area contributed by atoms with E-state index in [0.717, 1.165) is 6.07 Å². The van der Waals surface area contributed by atoms with Crippen LogP contribution in [0.5, 0.6) is 0 Å². The van der Waals surface area contributed by atoms with Gasteiger partial charge in [-0.2, -0.15) is 0 Å². The number of aromatic nitrogens is 1. The van der Waals surface area contributed by atoms with E-state index in [4.69, 9.17) is 11.6 Å². The molecule has 1 heterocycles. The maximum Gasteiger partial charge on any atom is 0.202 e. The third kappa shape index (κ3) is 2.68. The van der Waals surface area contributed by atoms with E-state index in [-0.39, 0.29) is 5.88 Å². The number of hydrogen-bond acceptors (Lipinski definition) is 3. The average molecular weight is 317 g/mol. The van der Waals surface area contributed by atoms with Gasteiger partial charge in [0.2, 0.25) is 9.84 Å². The summed E-state index contributed by atoms with van der Waals surface area (Å²) in [5, 5.41) is -1.42. The van der Waals surface area contributed by atoms with Crippen LogP contribution < -0.4 is 0 Å². The molecule has 0 aliphatic heterocycles. The molecule has 0 aromatic carbocycles. The van der Waals surface area contributed by atoms with Crippen LogP contribution in [0.3, 0.4) is 0 Å². The fourth-order valence-corrected chi connectivity index (χ4v) is 2.76. The lowest BCUT2D eigenvalue weighted by Gasteiger charge is -2.09. The van der Waals surface area contributed by atoms with Gasteiger partial charge in [-0.1, -0.05) is 0 Å². The second kappa shape index (κ2) is 4.76. The van der Waals surface area contributed by atoms with Gasteiger partial charge in [0.1, 0.15) is 0 Å². The van der Waals surface area contributed by atoms with Crippen LogP contribution >= 0.6 is 27.5 Å². The van der Waals surface area contributed by atoms with Crippen LogP contribution in [-0.4, -0.2) is 24.5 Å². The van der Waals surface area contributed by atoms with Crippen molar-refractivity contribution in [2.45, 2.75) is 17.2 Å². The minimum absolute atomic E-state index is 0.0977. The molecule has 1 aromatic heterocycles. The summed E-state index contributed by atoms with van der Waals surface area (Å²) in [4.78, 5) is 3.55. The molecule has 0 fully saturated rings. The van der Waals surface area contributed by atoms with Crippen molar-refractivity contribution in [3.63, 3.8) is 0 Å². The smallest absolute Gasteiger partial charge is 0.202 e. The van der Waals surface area contributed by atoms with Gasteiger partial charge in [0.15, 0.2) is 10.8 Å². The minimum atomic E-state index is -3.78. The second-order valence-electron chi connectivity index (χ2n) is 2.95. The Labute approximate surface area is 101 Å². The summed E-state index contributed by atoms with van der Waals surface area (Å²) >= 11 is 8.43. The van der Waals surface area contributed by atoms with Gasteiger partial charge in [-0.15, -0.1) is 11.6 Å². The molecular formula is C8H8BrClFNO2S. The molecule has 0 bridgehead atoms. The van der Waals surface area contributed by atoms with Crippen molar-refractivity contribution < 1.29 is 12.8 Å². The number of alkyl halides is 1. The van der Waals surface area contributed by atoms with Crippen molar-refractivity contribution in [1.29, 1.82) is 0 Å². The van der Waals surface area contributed by atoms with Crippen LogP contribution in [0.2, 0.25) is 0 Å². The topological polar surface area (TPSA) is 47.0 Å². The Bertz CT molecular complexity index is 466. The second-order valence-corrected chi connectivity index (χ2v) is 6.46. The molecule has 0 aliphatic carbocycles. The van der Waals surface area contributed by atoms with E-state index < -0.39 is 25.9 Å². The molecule has 84 valence electrons. The molecule has 7 heteroatoms. The molecule has 15 heavy (non-hydrogen) atoms. The maximum atomic E-state index is 13.3. The third-order valence-electron chi connectivity index (χ3n) is 1.79. The molecule has 0 radical (unpaired) electrons. The summed E-state index contributed by atoms with van der Waals surface area (Å²) in [6, 6.07) is 1.06. The predicted octanol–water partition coefficient (Wildman–Crippen LogP) is 2.38. The van der Waals surface area contributed by atoms with Gasteiger partial charge in [-0.25, -0.2) is 17.8 Å². The zero-order valence-electron chi connectivity index (χ0n) is 7.75. The van der Waals surface area contributed by atoms with E-state index in [0.29, 0.717) is 4.47 Å². The Balaban J connectivity index is 3.28. The summed E-state index contributed by atoms with van der Waals surface area (Å²) in [6.45, 7) is 1.41. The maximum absolute atomic E-state index is 13.3. The monoisotopic (exact) mass is 315 g/mol. The fourth-order valence-electron chi connectivity index (χ4n) is 0.885. The van der Waals surface area contributed by atoms with Gasteiger partial charge in [-0.3, -0.25) is 0 Å². The Morgan fingerprint density at radius 1 is 1.67 bits per heavy atom. The average Bonchev–Trinajstić information content (AvgIpc) is 2.15. The first-order chi connectivity index (χ1) is 6.89. The van der Waals surface area contributed by atoms with Gasteiger partial charge >= 0.3 is 0 Å². The van der Waals surface area contributed by atoms with Gasteiger partial charge in [0.25, 0.3) is 0 Å². The normalized spacial score (nSPS) is 13.9. The Morgan fingerprint density at radius 2 is 2.27 bits per heavy atom. The largest absolute Gasteiger partial charge is 0.241 e. The van der Waals surface area contributed by atoms with Crippen LogP contribution in [0.4, 0.5) is 4.39 Å². The molecule has 0 saturated carbocycles. The zero-order valence-corrected chi connectivity index (χ0v) is 10.9. The lowest BCUT2D eigenvalue weighted by molar-refractivity contribution is 0.548. The first-order valence-corrected chi connectivity index (χ1v) is 6.88. The molecule has 0 aliphatic rings. The summed E-state index contributed by atoms with van der Waals surface area (Å²) in [5.41, 5.74) is 0. The highest BCUT2D eigenvalue weighted by Crippen LogP contribution is 2.20. The Morgan fingerprint density at radius 3 is 2.73 bits per heavy atom. The zero-order chi connectivity index (χ0) is 11.6. The van der Waals surface area contributed by atoms with Crippen molar-refractivity contribution in [2.75, 3.05) is 5.88 Å². The molecule has 0 saturated heterocycles. The van der Waals surface area contributed by atoms with Gasteiger partial charge < -0.3 is 0 Å². The fraction of sp³-hybridized carbons (Fsp3) is 0.375. The summed E-state index contributed by atoms with van der Waals surface area (Å²) in [6.07, 6.45) is 1.23. The molecule has 1 rings (SSSR count). The number of pyridine rings is 1. The first kappa shape index (κ1) is 12.9. The van der Waals surface area contributed by atoms with E-state index in [1.165, 1.54) is 13.1 Å². The van der Waals surface area contributed by atoms with Crippen molar-refractivity contribution in [1.82, 2.24) is 4.98 Å². The number of sulfone groups is 1. The number of rotatable bonds is 3. The minimum Gasteiger partial charge on any atom is -0.241 e. The standard InChI is InChI=1S/C8H8BrClFNO2S/c1-5(3-10)15(13,14)8-7(11)2-6(9)4-12-8/h2,4-5H,3H2,1H3. The van der Waals surface area contributed by atoms with Crippen molar-refractivity contribution in [3.8, 4) is 0 Å². The number of halogens is 3. The van der Waals surface area contributed by atoms with Crippen LogP contribution in [-0.2, 0) is 9.84 Å². The first-order valence-electron chi connectivity index (χ1n) is 4.00. The van der Waals surface area contributed by atoms with Crippen LogP contribution in [0.15, 0.2) is 21.8 Å². The predicted molar refractivity (Wildman–Crippen MR) is 59.3 cm³/mol. The molecule has 0 amide bonds. The van der Waals surface area contributed by atoms with Crippen molar-refractivity contribution in [2.24, 2.45) is 0 Å². The molecule has 1 aromatic rings. The van der Waals surface area contributed by atoms with E-state index >= 15 is 0 Å². The lowest BCUT2D eigenvalue weighted by atomic mass is 10.5. The SMILES string of the molecule is CC(CCl)S(=O)(=O)c1ncc(Br)cc1F. The Hall–Kier alpha value is -0.200. The van der Waals surface area contributed by atoms with E-state index in [1.807, 2.05) is 0 Å². The van der Waals surface area contributed by atoms with Crippen LogP contribution in [0.25, 0.3) is 0 Å². The third-order valence-corrected chi connectivity index (χ3v) is 4.94. The molecule has 1 atom stereocenters. The van der Waals surface area contributed by atoms with Gasteiger partial charge in [0.05, 0.1) is 5.25 Å². The highest BCUT2D eigenvalue weighted by Gasteiger charge is 2.27. The summed E-state index contributed by atoms with van der Waals surface area (Å²) in [7, 11) is -3.78. The number of hydrogen-bond donors (Lipinski definition) is 0. The molecule has 1 unspecified atom stereocenters. The molecule has 3 nitrogen and oxygen atoms in total. The molecular weight excluding hydrogens is 309 g/mol. The molecule has 0 spiro atoms. The van der Waals surface area contributed by atoms with E-state index in [2.05, 4.69) is 20.9 Å². The Kier molecular flexibility index (Phi) is 4.08. The molecule has 0 N–H and O–H groups in total. The number of nitrogens with zero attached hydrogens (tertiary/aromatic N) is 1. The highest BCUT2D eigenvalue weighted by molar-refractivity contribution is 9.10. The van der Waals surface area contributed by atoms with Crippen LogP contribution in [0.1, 0.15) is 6.92 Å². The van der Waals surface area contributed by atoms with Crippen LogP contribution in [0, 0.1) is 5.82 Å². The van der Waals surface area contributed by atoms with Crippen molar-refractivity contribution >= 4 is 37.4 Å². The highest BCUT2D eigenvalue weighted by atomic mass is 79.9. The lowest BCUT2D eigenvalue weighted by Crippen LogP contribution is -2.21. The summed E-state index contributed by atoms with van der Waals surface area (Å²) in [5.74, 6) is -0.971. The quantitative estimate of drug-likeness (QED) is 0.804. The van der Waals surface area contributed by atoms with Crippen molar-refractivity contribution in [3.05, 3.63) is 22.6 Å². The summed E-state index contributed by atoms with van der Waals surface area (Å²) < 4.78 is 37.1. The van der Waals surface area contributed by atoms with E-state index in [1.54, 1.807) is 0 Å². The van der Waals surface area contributed by atoms with E-state index in [9.17, 15) is 12.8 Å².